The maximum Gasteiger partial charge on any atom is 0.158 e. The largest absolute Gasteiger partial charge is 0.347 e. The fourth-order valence-corrected chi connectivity index (χ4v) is 5.07. The van der Waals surface area contributed by atoms with Crippen LogP contribution in [0.1, 0.15) is 44.6 Å². The molecule has 2 nitrogen and oxygen atoms in total. The molecule has 2 aromatic rings. The Morgan fingerprint density at radius 2 is 1.96 bits per heavy atom. The molecule has 0 radical (unpaired) electrons. The molecule has 2 heteroatoms. The van der Waals surface area contributed by atoms with Crippen LogP contribution in [0.2, 0.25) is 0 Å². The first-order chi connectivity index (χ1) is 13.6. The zero-order valence-electron chi connectivity index (χ0n) is 16.9. The van der Waals surface area contributed by atoms with Crippen molar-refractivity contribution >= 4 is 22.2 Å². The Hall–Kier alpha value is -2.61. The molecule has 4 rings (SSSR count). The molecule has 1 saturated carbocycles. The Kier molecular flexibility index (Phi) is 4.97. The number of rotatable bonds is 5. The molecule has 0 N–H and O–H groups in total. The summed E-state index contributed by atoms with van der Waals surface area (Å²) in [5.74, 6) is 0.514. The normalized spacial score (nSPS) is 23.8. The third-order valence-electron chi connectivity index (χ3n) is 6.58. The molecule has 1 aliphatic heterocycles. The van der Waals surface area contributed by atoms with Crippen LogP contribution in [0.15, 0.2) is 73.0 Å². The van der Waals surface area contributed by atoms with E-state index < -0.39 is 0 Å². The van der Waals surface area contributed by atoms with E-state index >= 15 is 0 Å². The second-order valence-corrected chi connectivity index (χ2v) is 8.36. The molecule has 1 unspecified atom stereocenters. The third kappa shape index (κ3) is 3.01. The molecule has 1 heterocycles. The quantitative estimate of drug-likeness (QED) is 0.452. The van der Waals surface area contributed by atoms with Crippen molar-refractivity contribution in [1.29, 1.82) is 0 Å². The van der Waals surface area contributed by atoms with Crippen molar-refractivity contribution in [3.63, 3.8) is 0 Å². The second kappa shape index (κ2) is 7.43. The number of carbonyl (C=O) groups excluding carboxylic acids is 1. The molecule has 1 aliphatic carbocycles. The highest BCUT2D eigenvalue weighted by Crippen LogP contribution is 2.51. The van der Waals surface area contributed by atoms with Crippen molar-refractivity contribution in [2.45, 2.75) is 44.4 Å². The standard InChI is InChI=1S/C26H29NO/c1-4-18-26(2)22-17-16-19-10-7-8-13-21(19)25(22)27(3)24(26)15-9-14-23(28)20-11-5-6-12-20/h4,7-10,13-17,20H,1,5-6,11-12,18H2,2-3H3/b14-9+,24-15-. The molecule has 0 saturated heterocycles. The fraction of sp³-hybridized carbons (Fsp3) is 0.346. The van der Waals surface area contributed by atoms with Crippen molar-refractivity contribution in [1.82, 2.24) is 0 Å². The molecule has 1 atom stereocenters. The smallest absolute Gasteiger partial charge is 0.158 e. The van der Waals surface area contributed by atoms with Gasteiger partial charge >= 0.3 is 0 Å². The predicted molar refractivity (Wildman–Crippen MR) is 119 cm³/mol. The number of likely N-dealkylation sites (N-methyl/N-ethyl adjacent to an activating group) is 1. The van der Waals surface area contributed by atoms with Crippen molar-refractivity contribution < 1.29 is 4.79 Å². The summed E-state index contributed by atoms with van der Waals surface area (Å²) in [6.45, 7) is 6.29. The van der Waals surface area contributed by atoms with E-state index in [4.69, 9.17) is 0 Å². The Morgan fingerprint density at radius 3 is 2.71 bits per heavy atom. The highest BCUT2D eigenvalue weighted by Gasteiger charge is 2.41. The number of benzene rings is 2. The first kappa shape index (κ1) is 18.7. The second-order valence-electron chi connectivity index (χ2n) is 8.36. The molecule has 0 spiro atoms. The summed E-state index contributed by atoms with van der Waals surface area (Å²) in [6.07, 6.45) is 13.2. The zero-order valence-corrected chi connectivity index (χ0v) is 16.9. The summed E-state index contributed by atoms with van der Waals surface area (Å²) in [6, 6.07) is 13.0. The SMILES string of the molecule is C=CCC1(C)/C(=C/C=C/C(=O)C2CCCC2)N(C)c2c1ccc1ccccc21. The molecule has 2 aromatic carbocycles. The fourth-order valence-electron chi connectivity index (χ4n) is 5.07. The minimum Gasteiger partial charge on any atom is -0.347 e. The predicted octanol–water partition coefficient (Wildman–Crippen LogP) is 6.32. The molecular formula is C26H29NO. The average Bonchev–Trinajstić information content (AvgIpc) is 3.30. The number of fused-ring (bicyclic) bond motifs is 3. The number of hydrogen-bond donors (Lipinski definition) is 0. The van der Waals surface area contributed by atoms with Crippen LogP contribution in [-0.4, -0.2) is 12.8 Å². The summed E-state index contributed by atoms with van der Waals surface area (Å²) in [7, 11) is 2.14. The molecule has 1 fully saturated rings. The van der Waals surface area contributed by atoms with Gasteiger partial charge in [0.2, 0.25) is 0 Å². The van der Waals surface area contributed by atoms with E-state index in [-0.39, 0.29) is 17.1 Å². The summed E-state index contributed by atoms with van der Waals surface area (Å²) >= 11 is 0. The van der Waals surface area contributed by atoms with Gasteiger partial charge in [-0.15, -0.1) is 6.58 Å². The van der Waals surface area contributed by atoms with Gasteiger partial charge in [-0.1, -0.05) is 61.4 Å². The van der Waals surface area contributed by atoms with Gasteiger partial charge in [-0.05, 0) is 49.3 Å². The lowest BCUT2D eigenvalue weighted by molar-refractivity contribution is -0.118. The van der Waals surface area contributed by atoms with E-state index in [0.717, 1.165) is 19.3 Å². The van der Waals surface area contributed by atoms with Crippen LogP contribution in [-0.2, 0) is 10.2 Å². The molecule has 2 aliphatic rings. The highest BCUT2D eigenvalue weighted by atomic mass is 16.1. The van der Waals surface area contributed by atoms with E-state index in [0.29, 0.717) is 0 Å². The van der Waals surface area contributed by atoms with E-state index in [1.165, 1.54) is 40.6 Å². The van der Waals surface area contributed by atoms with E-state index in [1.54, 1.807) is 6.08 Å². The maximum absolute atomic E-state index is 12.4. The number of hydrogen-bond acceptors (Lipinski definition) is 2. The molecule has 0 amide bonds. The average molecular weight is 372 g/mol. The van der Waals surface area contributed by atoms with Crippen LogP contribution in [0.25, 0.3) is 10.8 Å². The van der Waals surface area contributed by atoms with Crippen molar-refractivity contribution in [2.24, 2.45) is 5.92 Å². The molecule has 144 valence electrons. The van der Waals surface area contributed by atoms with Crippen molar-refractivity contribution in [3.05, 3.63) is 78.5 Å². The number of carbonyl (C=O) groups is 1. The van der Waals surface area contributed by atoms with Crippen LogP contribution in [0.4, 0.5) is 5.69 Å². The molecule has 0 aromatic heterocycles. The lowest BCUT2D eigenvalue weighted by Crippen LogP contribution is -2.25. The van der Waals surface area contributed by atoms with Gasteiger partial charge in [-0.25, -0.2) is 0 Å². The first-order valence-electron chi connectivity index (χ1n) is 10.4. The summed E-state index contributed by atoms with van der Waals surface area (Å²) in [5, 5.41) is 2.52. The van der Waals surface area contributed by atoms with Crippen molar-refractivity contribution in [2.75, 3.05) is 11.9 Å². The number of ketones is 1. The monoisotopic (exact) mass is 371 g/mol. The topological polar surface area (TPSA) is 20.3 Å². The molecule has 28 heavy (non-hydrogen) atoms. The van der Waals surface area contributed by atoms with E-state index in [9.17, 15) is 4.79 Å². The lowest BCUT2D eigenvalue weighted by atomic mass is 9.78. The van der Waals surface area contributed by atoms with Gasteiger partial charge in [0.15, 0.2) is 5.78 Å². The highest BCUT2D eigenvalue weighted by molar-refractivity contribution is 5.99. The molecular weight excluding hydrogens is 342 g/mol. The summed E-state index contributed by atoms with van der Waals surface area (Å²) in [4.78, 5) is 14.7. The number of nitrogens with zero attached hydrogens (tertiary/aromatic N) is 1. The van der Waals surface area contributed by atoms with Gasteiger partial charge < -0.3 is 4.90 Å². The Bertz CT molecular complexity index is 977. The van der Waals surface area contributed by atoms with Crippen LogP contribution < -0.4 is 4.90 Å². The Morgan fingerprint density at radius 1 is 1.21 bits per heavy atom. The van der Waals surface area contributed by atoms with Gasteiger partial charge in [0.05, 0.1) is 5.69 Å². The van der Waals surface area contributed by atoms with E-state index in [1.807, 2.05) is 12.2 Å². The van der Waals surface area contributed by atoms with Gasteiger partial charge in [-0.2, -0.15) is 0 Å². The van der Waals surface area contributed by atoms with Crippen molar-refractivity contribution in [3.8, 4) is 0 Å². The number of allylic oxidation sites excluding steroid dienone is 5. The van der Waals surface area contributed by atoms with Crippen LogP contribution in [0, 0.1) is 5.92 Å². The number of anilines is 1. The van der Waals surface area contributed by atoms with E-state index in [2.05, 4.69) is 67.9 Å². The Balaban J connectivity index is 1.75. The first-order valence-corrected chi connectivity index (χ1v) is 10.4. The summed E-state index contributed by atoms with van der Waals surface area (Å²) in [5.41, 5.74) is 3.67. The van der Waals surface area contributed by atoms with Crippen LogP contribution in [0.3, 0.4) is 0 Å². The van der Waals surface area contributed by atoms with Gasteiger partial charge in [-0.3, -0.25) is 4.79 Å². The van der Waals surface area contributed by atoms with Crippen LogP contribution in [0.5, 0.6) is 0 Å². The minimum atomic E-state index is -0.142. The van der Waals surface area contributed by atoms with Gasteiger partial charge in [0, 0.05) is 29.5 Å². The third-order valence-corrected chi connectivity index (χ3v) is 6.58. The van der Waals surface area contributed by atoms with Gasteiger partial charge in [0.1, 0.15) is 0 Å². The maximum atomic E-state index is 12.4. The summed E-state index contributed by atoms with van der Waals surface area (Å²) < 4.78 is 0. The van der Waals surface area contributed by atoms with Crippen LogP contribution >= 0.6 is 0 Å². The molecule has 0 bridgehead atoms. The Labute approximate surface area is 168 Å². The lowest BCUT2D eigenvalue weighted by Gasteiger charge is -2.27. The minimum absolute atomic E-state index is 0.142. The zero-order chi connectivity index (χ0) is 19.7. The van der Waals surface area contributed by atoms with Gasteiger partial charge in [0.25, 0.3) is 0 Å².